The number of hydrogen-bond acceptors (Lipinski definition) is 4. The quantitative estimate of drug-likeness (QED) is 0.152. The first-order chi connectivity index (χ1) is 18.7. The van der Waals surface area contributed by atoms with Crippen LogP contribution in [0.25, 0.3) is 43.8 Å². The summed E-state index contributed by atoms with van der Waals surface area (Å²) in [6, 6.07) is 40.5. The van der Waals surface area contributed by atoms with Crippen LogP contribution >= 0.6 is 0 Å². The number of nitrogens with zero attached hydrogens (tertiary/aromatic N) is 2. The molecule has 6 aromatic rings. The van der Waals surface area contributed by atoms with Gasteiger partial charge in [-0.3, -0.25) is 15.1 Å². The van der Waals surface area contributed by atoms with Crippen LogP contribution < -0.4 is 10.4 Å². The summed E-state index contributed by atoms with van der Waals surface area (Å²) in [5.74, 6) is 0. The molecule has 0 bridgehead atoms. The molecule has 0 aliphatic carbocycles. The van der Waals surface area contributed by atoms with E-state index in [1.165, 1.54) is 0 Å². The van der Waals surface area contributed by atoms with Gasteiger partial charge in [0.2, 0.25) is 0 Å². The molecular weight excluding hydrogens is 470 g/mol. The molecule has 1 heterocycles. The van der Waals surface area contributed by atoms with E-state index in [2.05, 4.69) is 41.8 Å². The Bertz CT molecular complexity index is 1850. The Hall–Kier alpha value is -5.00. The van der Waals surface area contributed by atoms with Gasteiger partial charge in [0, 0.05) is 18.2 Å². The molecule has 38 heavy (non-hydrogen) atoms. The van der Waals surface area contributed by atoms with Gasteiger partial charge in [-0.1, -0.05) is 91.0 Å². The molecule has 0 atom stereocenters. The number of para-hydroxylation sites is 1. The standard InChI is InChI=1S/C33H23N3O2/c37-36(38)31-19-18-30-29(21-34-35(30)24-13-5-2-6-14-24)33(31)27-17-9-16-26-28(22-10-3-1-4-11-22)20-23-12-7-8-15-25(23)32(26)27/h1-20,34H,21H2. The second-order valence-corrected chi connectivity index (χ2v) is 9.46. The summed E-state index contributed by atoms with van der Waals surface area (Å²) in [7, 11) is 0. The van der Waals surface area contributed by atoms with Crippen molar-refractivity contribution < 1.29 is 4.92 Å². The maximum Gasteiger partial charge on any atom is 0.277 e. The van der Waals surface area contributed by atoms with Crippen molar-refractivity contribution in [2.75, 3.05) is 5.01 Å². The second-order valence-electron chi connectivity index (χ2n) is 9.46. The normalized spacial score (nSPS) is 12.7. The van der Waals surface area contributed by atoms with E-state index in [1.54, 1.807) is 6.07 Å². The van der Waals surface area contributed by atoms with Crippen LogP contribution in [-0.4, -0.2) is 4.92 Å². The lowest BCUT2D eigenvalue weighted by Gasteiger charge is -2.20. The van der Waals surface area contributed by atoms with Crippen LogP contribution in [0.2, 0.25) is 0 Å². The summed E-state index contributed by atoms with van der Waals surface area (Å²) in [5.41, 5.74) is 10.2. The summed E-state index contributed by atoms with van der Waals surface area (Å²) in [4.78, 5) is 12.1. The Morgan fingerprint density at radius 3 is 2.21 bits per heavy atom. The molecule has 0 radical (unpaired) electrons. The van der Waals surface area contributed by atoms with Gasteiger partial charge >= 0.3 is 0 Å². The zero-order valence-electron chi connectivity index (χ0n) is 20.5. The summed E-state index contributed by atoms with van der Waals surface area (Å²) in [6.07, 6.45) is 0. The summed E-state index contributed by atoms with van der Waals surface area (Å²) in [6.45, 7) is 0.494. The monoisotopic (exact) mass is 493 g/mol. The molecule has 5 nitrogen and oxygen atoms in total. The maximum atomic E-state index is 12.4. The Morgan fingerprint density at radius 1 is 0.711 bits per heavy atom. The summed E-state index contributed by atoms with van der Waals surface area (Å²) >= 11 is 0. The fraction of sp³-hybridized carbons (Fsp3) is 0.0303. The number of hydrazine groups is 1. The average Bonchev–Trinajstić information content (AvgIpc) is 3.41. The fourth-order valence-electron chi connectivity index (χ4n) is 5.73. The molecule has 5 heteroatoms. The minimum absolute atomic E-state index is 0.113. The smallest absolute Gasteiger partial charge is 0.276 e. The van der Waals surface area contributed by atoms with E-state index in [9.17, 15) is 10.1 Å². The van der Waals surface area contributed by atoms with E-state index in [0.717, 1.165) is 55.2 Å². The second kappa shape index (κ2) is 8.83. The third-order valence-electron chi connectivity index (χ3n) is 7.37. The SMILES string of the molecule is O=[N+]([O-])c1ccc2c(c1-c1cccc3c(-c4ccccc4)cc4ccccc4c13)CNN2c1ccccc1. The van der Waals surface area contributed by atoms with Crippen LogP contribution in [0.1, 0.15) is 5.56 Å². The van der Waals surface area contributed by atoms with E-state index >= 15 is 0 Å². The number of rotatable bonds is 4. The molecular formula is C33H23N3O2. The van der Waals surface area contributed by atoms with Gasteiger partial charge in [-0.2, -0.15) is 0 Å². The van der Waals surface area contributed by atoms with E-state index in [4.69, 9.17) is 0 Å². The Balaban J connectivity index is 1.58. The van der Waals surface area contributed by atoms with Gasteiger partial charge in [-0.05, 0) is 62.5 Å². The molecule has 0 saturated heterocycles. The number of nitrogens with one attached hydrogen (secondary N) is 1. The van der Waals surface area contributed by atoms with Crippen LogP contribution in [-0.2, 0) is 6.54 Å². The van der Waals surface area contributed by atoms with E-state index in [1.807, 2.05) is 83.9 Å². The van der Waals surface area contributed by atoms with Crippen LogP contribution in [0.4, 0.5) is 17.1 Å². The minimum atomic E-state index is -0.261. The van der Waals surface area contributed by atoms with Gasteiger partial charge in [0.1, 0.15) is 0 Å². The first-order valence-corrected chi connectivity index (χ1v) is 12.6. The molecule has 0 amide bonds. The van der Waals surface area contributed by atoms with Gasteiger partial charge < -0.3 is 0 Å². The van der Waals surface area contributed by atoms with Gasteiger partial charge in [0.15, 0.2) is 0 Å². The van der Waals surface area contributed by atoms with Crippen molar-refractivity contribution in [1.29, 1.82) is 0 Å². The molecule has 6 aromatic carbocycles. The van der Waals surface area contributed by atoms with Crippen molar-refractivity contribution >= 4 is 38.6 Å². The number of anilines is 2. The zero-order chi connectivity index (χ0) is 25.6. The van der Waals surface area contributed by atoms with Crippen molar-refractivity contribution in [2.45, 2.75) is 6.54 Å². The highest BCUT2D eigenvalue weighted by molar-refractivity contribution is 6.20. The number of hydrogen-bond donors (Lipinski definition) is 1. The highest BCUT2D eigenvalue weighted by Crippen LogP contribution is 2.47. The Labute approximate surface area is 219 Å². The van der Waals surface area contributed by atoms with E-state index < -0.39 is 0 Å². The lowest BCUT2D eigenvalue weighted by atomic mass is 9.87. The highest BCUT2D eigenvalue weighted by atomic mass is 16.6. The lowest BCUT2D eigenvalue weighted by molar-refractivity contribution is -0.384. The maximum absolute atomic E-state index is 12.4. The van der Waals surface area contributed by atoms with Crippen molar-refractivity contribution in [3.05, 3.63) is 137 Å². The third kappa shape index (κ3) is 3.44. The molecule has 1 aliphatic rings. The van der Waals surface area contributed by atoms with Gasteiger partial charge in [-0.15, -0.1) is 0 Å². The number of nitro groups is 1. The van der Waals surface area contributed by atoms with Crippen molar-refractivity contribution in [1.82, 2.24) is 5.43 Å². The van der Waals surface area contributed by atoms with E-state index in [0.29, 0.717) is 12.1 Å². The first-order valence-electron chi connectivity index (χ1n) is 12.6. The molecule has 0 aromatic heterocycles. The average molecular weight is 494 g/mol. The number of fused-ring (bicyclic) bond motifs is 4. The molecule has 0 fully saturated rings. The van der Waals surface area contributed by atoms with Gasteiger partial charge in [0.05, 0.1) is 21.9 Å². The third-order valence-corrected chi connectivity index (χ3v) is 7.37. The zero-order valence-corrected chi connectivity index (χ0v) is 20.5. The molecule has 1 aliphatic heterocycles. The van der Waals surface area contributed by atoms with Crippen LogP contribution in [0.3, 0.4) is 0 Å². The van der Waals surface area contributed by atoms with Crippen LogP contribution in [0, 0.1) is 10.1 Å². The number of nitro benzene ring substituents is 1. The summed E-state index contributed by atoms with van der Waals surface area (Å²) in [5, 5.41) is 18.7. The predicted octanol–water partition coefficient (Wildman–Crippen LogP) is 8.39. The first kappa shape index (κ1) is 22.2. The van der Waals surface area contributed by atoms with Gasteiger partial charge in [0.25, 0.3) is 5.69 Å². The predicted molar refractivity (Wildman–Crippen MR) is 154 cm³/mol. The summed E-state index contributed by atoms with van der Waals surface area (Å²) < 4.78 is 0. The molecule has 0 unspecified atom stereocenters. The molecule has 1 N–H and O–H groups in total. The van der Waals surface area contributed by atoms with Crippen LogP contribution in [0.15, 0.2) is 121 Å². The topological polar surface area (TPSA) is 58.4 Å². The van der Waals surface area contributed by atoms with Crippen LogP contribution in [0.5, 0.6) is 0 Å². The fourth-order valence-corrected chi connectivity index (χ4v) is 5.73. The molecule has 7 rings (SSSR count). The van der Waals surface area contributed by atoms with Crippen molar-refractivity contribution in [2.24, 2.45) is 0 Å². The largest absolute Gasteiger partial charge is 0.277 e. The lowest BCUT2D eigenvalue weighted by Crippen LogP contribution is -2.26. The van der Waals surface area contributed by atoms with Crippen molar-refractivity contribution in [3.8, 4) is 22.3 Å². The van der Waals surface area contributed by atoms with Crippen molar-refractivity contribution in [3.63, 3.8) is 0 Å². The highest BCUT2D eigenvalue weighted by Gasteiger charge is 2.30. The minimum Gasteiger partial charge on any atom is -0.276 e. The molecule has 0 saturated carbocycles. The molecule has 182 valence electrons. The molecule has 0 spiro atoms. The van der Waals surface area contributed by atoms with Gasteiger partial charge in [-0.25, -0.2) is 5.43 Å². The number of benzene rings is 6. The Kier molecular flexibility index (Phi) is 5.17. The Morgan fingerprint density at radius 2 is 1.42 bits per heavy atom. The van der Waals surface area contributed by atoms with E-state index in [-0.39, 0.29) is 10.6 Å².